The van der Waals surface area contributed by atoms with Crippen molar-refractivity contribution in [3.8, 4) is 0 Å². The molecule has 0 radical (unpaired) electrons. The highest BCUT2D eigenvalue weighted by atomic mass is 16.2. The predicted octanol–water partition coefficient (Wildman–Crippen LogP) is 2.19. The minimum absolute atomic E-state index is 0.343. The summed E-state index contributed by atoms with van der Waals surface area (Å²) in [6, 6.07) is 0.959. The van der Waals surface area contributed by atoms with Crippen molar-refractivity contribution in [3.05, 3.63) is 0 Å². The molecule has 2 nitrogen and oxygen atoms in total. The molecule has 0 heterocycles. The second-order valence-electron chi connectivity index (χ2n) is 3.88. The van der Waals surface area contributed by atoms with Gasteiger partial charge in [0, 0.05) is 18.5 Å². The smallest absolute Gasteiger partial charge is 0.223 e. The van der Waals surface area contributed by atoms with Gasteiger partial charge in [-0.3, -0.25) is 4.79 Å². The summed E-state index contributed by atoms with van der Waals surface area (Å²) in [6.45, 7) is 6.26. The van der Waals surface area contributed by atoms with Crippen LogP contribution in [0.3, 0.4) is 0 Å². The number of nitrogens with zero attached hydrogens (tertiary/aromatic N) is 1. The van der Waals surface area contributed by atoms with Crippen molar-refractivity contribution >= 4 is 5.91 Å². The molecule has 0 bridgehead atoms. The molecule has 0 aromatic carbocycles. The lowest BCUT2D eigenvalue weighted by Crippen LogP contribution is -2.38. The molecule has 1 saturated carbocycles. The van der Waals surface area contributed by atoms with Gasteiger partial charge >= 0.3 is 0 Å². The first-order valence-corrected chi connectivity index (χ1v) is 4.98. The van der Waals surface area contributed by atoms with Crippen molar-refractivity contribution in [1.82, 2.24) is 4.90 Å². The Labute approximate surface area is 74.9 Å². The average molecular weight is 169 g/mol. The van der Waals surface area contributed by atoms with Gasteiger partial charge in [-0.15, -0.1) is 0 Å². The normalized spacial score (nSPS) is 16.7. The molecule has 1 amide bonds. The van der Waals surface area contributed by atoms with Crippen LogP contribution in [0.15, 0.2) is 0 Å². The van der Waals surface area contributed by atoms with Crippen LogP contribution in [0.25, 0.3) is 0 Å². The van der Waals surface area contributed by atoms with Crippen molar-refractivity contribution in [2.45, 2.75) is 58.5 Å². The molecular formula is C10H19NO. The van der Waals surface area contributed by atoms with Crippen molar-refractivity contribution < 1.29 is 4.79 Å². The number of carbonyl (C=O) groups is 1. The average Bonchev–Trinajstić information content (AvgIpc) is 2.71. The summed E-state index contributed by atoms with van der Waals surface area (Å²) in [4.78, 5) is 13.7. The molecule has 0 aromatic rings. The van der Waals surface area contributed by atoms with E-state index < -0.39 is 0 Å². The monoisotopic (exact) mass is 169 g/mol. The van der Waals surface area contributed by atoms with E-state index >= 15 is 0 Å². The van der Waals surface area contributed by atoms with Crippen LogP contribution in [0.1, 0.15) is 46.5 Å². The second kappa shape index (κ2) is 3.92. The third-order valence-corrected chi connectivity index (χ3v) is 2.25. The summed E-state index contributed by atoms with van der Waals surface area (Å²) >= 11 is 0. The molecular weight excluding hydrogens is 150 g/mol. The third-order valence-electron chi connectivity index (χ3n) is 2.25. The van der Waals surface area contributed by atoms with E-state index in [0.29, 0.717) is 24.4 Å². The Morgan fingerprint density at radius 3 is 2.42 bits per heavy atom. The molecule has 70 valence electrons. The fourth-order valence-electron chi connectivity index (χ4n) is 1.61. The van der Waals surface area contributed by atoms with E-state index in [0.717, 1.165) is 6.42 Å². The van der Waals surface area contributed by atoms with Crippen molar-refractivity contribution in [2.24, 2.45) is 0 Å². The number of amides is 1. The van der Waals surface area contributed by atoms with E-state index in [9.17, 15) is 4.79 Å². The van der Waals surface area contributed by atoms with E-state index in [1.165, 1.54) is 12.8 Å². The molecule has 0 unspecified atom stereocenters. The van der Waals surface area contributed by atoms with Crippen molar-refractivity contribution in [3.63, 3.8) is 0 Å². The van der Waals surface area contributed by atoms with Gasteiger partial charge in [-0.05, 0) is 33.1 Å². The minimum Gasteiger partial charge on any atom is -0.337 e. The summed E-state index contributed by atoms with van der Waals surface area (Å²) in [6.07, 6.45) is 4.12. The van der Waals surface area contributed by atoms with Gasteiger partial charge in [0.15, 0.2) is 0 Å². The van der Waals surface area contributed by atoms with Crippen LogP contribution in [-0.4, -0.2) is 22.9 Å². The highest BCUT2D eigenvalue weighted by Gasteiger charge is 2.33. The van der Waals surface area contributed by atoms with E-state index in [-0.39, 0.29) is 0 Å². The summed E-state index contributed by atoms with van der Waals surface area (Å²) in [7, 11) is 0. The summed E-state index contributed by atoms with van der Waals surface area (Å²) in [5.74, 6) is 0.343. The number of hydrogen-bond donors (Lipinski definition) is 0. The molecule has 0 saturated heterocycles. The first-order valence-electron chi connectivity index (χ1n) is 4.98. The molecule has 0 aromatic heterocycles. The fraction of sp³-hybridized carbons (Fsp3) is 0.900. The zero-order valence-electron chi connectivity index (χ0n) is 8.34. The van der Waals surface area contributed by atoms with E-state index in [4.69, 9.17) is 0 Å². The molecule has 0 aliphatic heterocycles. The maximum Gasteiger partial charge on any atom is 0.223 e. The van der Waals surface area contributed by atoms with Crippen LogP contribution < -0.4 is 0 Å². The van der Waals surface area contributed by atoms with Crippen LogP contribution >= 0.6 is 0 Å². The molecule has 0 N–H and O–H groups in total. The van der Waals surface area contributed by atoms with Gasteiger partial charge in [0.05, 0.1) is 0 Å². The summed E-state index contributed by atoms with van der Waals surface area (Å²) in [5.41, 5.74) is 0. The minimum atomic E-state index is 0.343. The van der Waals surface area contributed by atoms with Gasteiger partial charge in [0.25, 0.3) is 0 Å². The van der Waals surface area contributed by atoms with Crippen LogP contribution in [0.5, 0.6) is 0 Å². The van der Waals surface area contributed by atoms with Crippen molar-refractivity contribution in [2.75, 3.05) is 0 Å². The van der Waals surface area contributed by atoms with Crippen LogP contribution in [0.4, 0.5) is 0 Å². The molecule has 1 rings (SSSR count). The standard InChI is InChI=1S/C10H19NO/c1-4-5-10(12)11(8(2)3)9-6-7-9/h8-9H,4-7H2,1-3H3. The summed E-state index contributed by atoms with van der Waals surface area (Å²) < 4.78 is 0. The third kappa shape index (κ3) is 2.23. The topological polar surface area (TPSA) is 20.3 Å². The molecule has 0 spiro atoms. The van der Waals surface area contributed by atoms with E-state index in [1.54, 1.807) is 0 Å². The number of hydrogen-bond acceptors (Lipinski definition) is 1. The number of carbonyl (C=O) groups excluding carboxylic acids is 1. The van der Waals surface area contributed by atoms with Gasteiger partial charge in [-0.25, -0.2) is 0 Å². The quantitative estimate of drug-likeness (QED) is 0.631. The number of rotatable bonds is 4. The molecule has 1 fully saturated rings. The van der Waals surface area contributed by atoms with Gasteiger partial charge in [-0.1, -0.05) is 6.92 Å². The Morgan fingerprint density at radius 1 is 1.50 bits per heavy atom. The van der Waals surface area contributed by atoms with Gasteiger partial charge in [0.1, 0.15) is 0 Å². The zero-order chi connectivity index (χ0) is 9.14. The molecule has 2 heteroatoms. The van der Waals surface area contributed by atoms with Gasteiger partial charge in [-0.2, -0.15) is 0 Å². The molecule has 0 atom stereocenters. The highest BCUT2D eigenvalue weighted by molar-refractivity contribution is 5.77. The Balaban J connectivity index is 2.46. The van der Waals surface area contributed by atoms with Gasteiger partial charge < -0.3 is 4.90 Å². The maximum absolute atomic E-state index is 11.6. The van der Waals surface area contributed by atoms with E-state index in [1.807, 2.05) is 0 Å². The largest absolute Gasteiger partial charge is 0.337 e. The zero-order valence-corrected chi connectivity index (χ0v) is 8.34. The molecule has 12 heavy (non-hydrogen) atoms. The first-order chi connectivity index (χ1) is 5.66. The van der Waals surface area contributed by atoms with Crippen molar-refractivity contribution in [1.29, 1.82) is 0 Å². The van der Waals surface area contributed by atoms with Crippen LogP contribution in [0.2, 0.25) is 0 Å². The van der Waals surface area contributed by atoms with Crippen LogP contribution in [0, 0.1) is 0 Å². The maximum atomic E-state index is 11.6. The fourth-order valence-corrected chi connectivity index (χ4v) is 1.61. The van der Waals surface area contributed by atoms with E-state index in [2.05, 4.69) is 25.7 Å². The summed E-state index contributed by atoms with van der Waals surface area (Å²) in [5, 5.41) is 0. The lowest BCUT2D eigenvalue weighted by atomic mass is 10.2. The Morgan fingerprint density at radius 2 is 2.08 bits per heavy atom. The van der Waals surface area contributed by atoms with Crippen LogP contribution in [-0.2, 0) is 4.79 Å². The first kappa shape index (κ1) is 9.56. The molecule has 1 aliphatic rings. The highest BCUT2D eigenvalue weighted by Crippen LogP contribution is 2.29. The Hall–Kier alpha value is -0.530. The lowest BCUT2D eigenvalue weighted by molar-refractivity contribution is -0.133. The predicted molar refractivity (Wildman–Crippen MR) is 49.9 cm³/mol. The molecule has 1 aliphatic carbocycles. The second-order valence-corrected chi connectivity index (χ2v) is 3.88. The lowest BCUT2D eigenvalue weighted by Gasteiger charge is -2.26. The van der Waals surface area contributed by atoms with Gasteiger partial charge in [0.2, 0.25) is 5.91 Å². The Kier molecular flexibility index (Phi) is 3.12. The Bertz CT molecular complexity index is 159. The SMILES string of the molecule is CCCC(=O)N(C(C)C)C1CC1.